The number of carbonyl (C=O) groups excluding carboxylic acids is 2. The highest BCUT2D eigenvalue weighted by Gasteiger charge is 2.17. The molecule has 0 amide bonds. The van der Waals surface area contributed by atoms with Crippen molar-refractivity contribution in [1.82, 2.24) is 0 Å². The quantitative estimate of drug-likeness (QED) is 0.0346. The van der Waals surface area contributed by atoms with Crippen LogP contribution >= 0.6 is 0 Å². The molecule has 0 rings (SSSR count). The zero-order chi connectivity index (χ0) is 46.3. The predicted octanol–water partition coefficient (Wildman–Crippen LogP) is 18.5. The lowest BCUT2D eigenvalue weighted by Crippen LogP contribution is -2.30. The number of carbonyl (C=O) groups is 2. The molecule has 5 heteroatoms. The van der Waals surface area contributed by atoms with Crippen molar-refractivity contribution in [1.29, 1.82) is 0 Å². The summed E-state index contributed by atoms with van der Waals surface area (Å²) in [5.74, 6) is -0.428. The summed E-state index contributed by atoms with van der Waals surface area (Å²) < 4.78 is 17.4. The van der Waals surface area contributed by atoms with Crippen molar-refractivity contribution in [3.8, 4) is 0 Å². The van der Waals surface area contributed by atoms with Crippen LogP contribution in [-0.2, 0) is 23.8 Å². The third-order valence-corrected chi connectivity index (χ3v) is 11.4. The van der Waals surface area contributed by atoms with Crippen LogP contribution in [0.1, 0.15) is 252 Å². The van der Waals surface area contributed by atoms with Crippen molar-refractivity contribution in [2.45, 2.75) is 258 Å². The van der Waals surface area contributed by atoms with Crippen LogP contribution in [0, 0.1) is 0 Å². The Balaban J connectivity index is 4.31. The molecule has 0 saturated heterocycles. The summed E-state index contributed by atoms with van der Waals surface area (Å²) in [6.07, 6.45) is 71.6. The molecule has 0 aliphatic heterocycles. The number of ether oxygens (including phenoxy) is 3. The number of esters is 2. The normalized spacial score (nSPS) is 12.9. The Labute approximate surface area is 397 Å². The second-order valence-corrected chi connectivity index (χ2v) is 17.7. The second-order valence-electron chi connectivity index (χ2n) is 17.7. The lowest BCUT2D eigenvalue weighted by molar-refractivity contribution is -0.163. The lowest BCUT2D eigenvalue weighted by atomic mass is 10.1. The molecule has 0 radical (unpaired) electrons. The van der Waals surface area contributed by atoms with E-state index in [0.717, 1.165) is 96.3 Å². The first-order valence-corrected chi connectivity index (χ1v) is 27.1. The van der Waals surface area contributed by atoms with E-state index in [9.17, 15) is 9.59 Å². The van der Waals surface area contributed by atoms with E-state index in [0.29, 0.717) is 19.4 Å². The molecule has 5 nitrogen and oxygen atoms in total. The number of rotatable bonds is 49. The molecule has 0 saturated carbocycles. The van der Waals surface area contributed by atoms with Crippen LogP contribution in [0.15, 0.2) is 85.1 Å². The third-order valence-electron chi connectivity index (χ3n) is 11.4. The third kappa shape index (κ3) is 51.7. The van der Waals surface area contributed by atoms with E-state index in [4.69, 9.17) is 14.2 Å². The molecule has 0 aliphatic rings. The Morgan fingerprint density at radius 3 is 1.17 bits per heavy atom. The van der Waals surface area contributed by atoms with Gasteiger partial charge in [0.15, 0.2) is 6.10 Å². The fraction of sp³-hybridized carbons (Fsp3) is 0.729. The van der Waals surface area contributed by atoms with Gasteiger partial charge in [-0.15, -0.1) is 0 Å². The summed E-state index contributed by atoms with van der Waals surface area (Å²) in [5.41, 5.74) is 0. The SMILES string of the molecule is CC/C=C\C/C=C\C/C=C\C/C=C\CCCCCCCCC(=O)OCC(COCCCCCCCC/C=C\C/C=C\CCCCC)OC(=O)CCCCCCC/C=C\CCCCCC. The molecule has 0 fully saturated rings. The van der Waals surface area contributed by atoms with Crippen molar-refractivity contribution < 1.29 is 23.8 Å². The van der Waals surface area contributed by atoms with Gasteiger partial charge in [-0.3, -0.25) is 9.59 Å². The van der Waals surface area contributed by atoms with Gasteiger partial charge in [-0.1, -0.05) is 209 Å². The van der Waals surface area contributed by atoms with Gasteiger partial charge in [-0.2, -0.15) is 0 Å². The highest BCUT2D eigenvalue weighted by molar-refractivity contribution is 5.70. The van der Waals surface area contributed by atoms with Crippen LogP contribution in [0.3, 0.4) is 0 Å². The summed E-state index contributed by atoms with van der Waals surface area (Å²) in [6, 6.07) is 0. The zero-order valence-electron chi connectivity index (χ0n) is 42.3. The number of hydrogen-bond acceptors (Lipinski definition) is 5. The minimum atomic E-state index is -0.556. The minimum absolute atomic E-state index is 0.0671. The maximum Gasteiger partial charge on any atom is 0.306 e. The summed E-state index contributed by atoms with van der Waals surface area (Å²) in [7, 11) is 0. The molecule has 1 unspecified atom stereocenters. The fourth-order valence-corrected chi connectivity index (χ4v) is 7.35. The van der Waals surface area contributed by atoms with Crippen molar-refractivity contribution in [3.05, 3.63) is 85.1 Å². The molecule has 1 atom stereocenters. The van der Waals surface area contributed by atoms with E-state index in [1.165, 1.54) is 122 Å². The van der Waals surface area contributed by atoms with Gasteiger partial charge >= 0.3 is 11.9 Å². The highest BCUT2D eigenvalue weighted by atomic mass is 16.6. The molecular weight excluding hydrogens is 789 g/mol. The molecule has 0 aromatic carbocycles. The second kappa shape index (κ2) is 54.4. The Hall–Kier alpha value is -2.92. The Morgan fingerprint density at radius 1 is 0.359 bits per heavy atom. The number of allylic oxidation sites excluding steroid dienone is 14. The summed E-state index contributed by atoms with van der Waals surface area (Å²) >= 11 is 0. The predicted molar refractivity (Wildman–Crippen MR) is 279 cm³/mol. The van der Waals surface area contributed by atoms with Crippen LogP contribution in [-0.4, -0.2) is 37.9 Å². The lowest BCUT2D eigenvalue weighted by Gasteiger charge is -2.18. The van der Waals surface area contributed by atoms with Gasteiger partial charge in [-0.25, -0.2) is 0 Å². The number of unbranched alkanes of at least 4 members (excludes halogenated alkanes) is 24. The van der Waals surface area contributed by atoms with E-state index in [2.05, 4.69) is 106 Å². The molecule has 0 aromatic heterocycles. The highest BCUT2D eigenvalue weighted by Crippen LogP contribution is 2.13. The Morgan fingerprint density at radius 2 is 0.703 bits per heavy atom. The van der Waals surface area contributed by atoms with E-state index in [1.807, 2.05) is 0 Å². The summed E-state index contributed by atoms with van der Waals surface area (Å²) in [4.78, 5) is 25.4. The van der Waals surface area contributed by atoms with Crippen LogP contribution in [0.25, 0.3) is 0 Å². The standard InChI is InChI=1S/C59H102O5/c1-4-7-10-13-16-19-22-25-27-29-30-31-32-35-37-40-43-46-49-52-58(60)63-56-57(64-59(61)53-50-47-44-41-38-34-24-21-18-15-12-9-6-3)55-62-54-51-48-45-42-39-36-33-28-26-23-20-17-14-11-8-5-2/h7,10,16-17,19-21,24-28,30-31,57H,4-6,8-9,11-15,18,22-23,29,32-56H2,1-3H3/b10-7-,19-16-,20-17-,24-21-,27-25-,28-26-,31-30-. The smallest absolute Gasteiger partial charge is 0.306 e. The Kier molecular flexibility index (Phi) is 51.9. The molecular formula is C59H102O5. The molecule has 0 aromatic rings. The average Bonchev–Trinajstić information content (AvgIpc) is 3.30. The fourth-order valence-electron chi connectivity index (χ4n) is 7.35. The van der Waals surface area contributed by atoms with Crippen molar-refractivity contribution in [2.24, 2.45) is 0 Å². The van der Waals surface area contributed by atoms with Crippen LogP contribution < -0.4 is 0 Å². The van der Waals surface area contributed by atoms with Crippen molar-refractivity contribution >= 4 is 11.9 Å². The first-order chi connectivity index (χ1) is 31.6. The average molecular weight is 891 g/mol. The van der Waals surface area contributed by atoms with Crippen LogP contribution in [0.4, 0.5) is 0 Å². The first kappa shape index (κ1) is 61.1. The molecule has 0 heterocycles. The maximum atomic E-state index is 12.8. The van der Waals surface area contributed by atoms with Gasteiger partial charge in [0, 0.05) is 19.4 Å². The first-order valence-electron chi connectivity index (χ1n) is 27.1. The molecule has 0 aliphatic carbocycles. The topological polar surface area (TPSA) is 61.8 Å². The molecule has 0 bridgehead atoms. The van der Waals surface area contributed by atoms with E-state index >= 15 is 0 Å². The van der Waals surface area contributed by atoms with Gasteiger partial charge in [0.2, 0.25) is 0 Å². The molecule has 368 valence electrons. The summed E-state index contributed by atoms with van der Waals surface area (Å²) in [6.45, 7) is 7.64. The molecule has 0 N–H and O–H groups in total. The van der Waals surface area contributed by atoms with E-state index in [1.54, 1.807) is 0 Å². The molecule has 0 spiro atoms. The van der Waals surface area contributed by atoms with Gasteiger partial charge in [0.25, 0.3) is 0 Å². The van der Waals surface area contributed by atoms with Gasteiger partial charge in [-0.05, 0) is 116 Å². The van der Waals surface area contributed by atoms with E-state index < -0.39 is 6.10 Å². The van der Waals surface area contributed by atoms with Crippen molar-refractivity contribution in [2.75, 3.05) is 19.8 Å². The van der Waals surface area contributed by atoms with Crippen molar-refractivity contribution in [3.63, 3.8) is 0 Å². The largest absolute Gasteiger partial charge is 0.462 e. The maximum absolute atomic E-state index is 12.8. The number of hydrogen-bond donors (Lipinski definition) is 0. The van der Waals surface area contributed by atoms with E-state index in [-0.39, 0.29) is 25.2 Å². The zero-order valence-corrected chi connectivity index (χ0v) is 42.3. The minimum Gasteiger partial charge on any atom is -0.462 e. The van der Waals surface area contributed by atoms with Gasteiger partial charge in [0.05, 0.1) is 6.61 Å². The van der Waals surface area contributed by atoms with Gasteiger partial charge in [0.1, 0.15) is 6.61 Å². The van der Waals surface area contributed by atoms with Gasteiger partial charge < -0.3 is 14.2 Å². The molecule has 64 heavy (non-hydrogen) atoms. The Bertz CT molecular complexity index is 1190. The summed E-state index contributed by atoms with van der Waals surface area (Å²) in [5, 5.41) is 0. The van der Waals surface area contributed by atoms with Crippen LogP contribution in [0.2, 0.25) is 0 Å². The van der Waals surface area contributed by atoms with Crippen LogP contribution in [0.5, 0.6) is 0 Å². The monoisotopic (exact) mass is 891 g/mol.